The molecule has 0 amide bonds. The van der Waals surface area contributed by atoms with Crippen LogP contribution in [0.4, 0.5) is 8.78 Å². The van der Waals surface area contributed by atoms with E-state index in [1.165, 1.54) is 12.1 Å². The van der Waals surface area contributed by atoms with E-state index in [9.17, 15) is 8.78 Å². The van der Waals surface area contributed by atoms with Gasteiger partial charge in [0.25, 0.3) is 0 Å². The summed E-state index contributed by atoms with van der Waals surface area (Å²) in [4.78, 5) is 0. The molecular weight excluding hydrogens is 238 g/mol. The van der Waals surface area contributed by atoms with Crippen molar-refractivity contribution in [3.05, 3.63) is 58.5 Å². The first-order valence-electron chi connectivity index (χ1n) is 5.50. The van der Waals surface area contributed by atoms with Crippen molar-refractivity contribution in [2.24, 2.45) is 5.84 Å². The number of nitrogens with one attached hydrogen (secondary N) is 1. The van der Waals surface area contributed by atoms with Gasteiger partial charge >= 0.3 is 0 Å². The van der Waals surface area contributed by atoms with Crippen molar-refractivity contribution < 1.29 is 13.2 Å². The predicted octanol–water partition coefficient (Wildman–Crippen LogP) is 2.73. The lowest BCUT2D eigenvalue weighted by atomic mass is 9.99. The van der Waals surface area contributed by atoms with Crippen molar-refractivity contribution in [2.75, 3.05) is 0 Å². The Bertz CT molecular complexity index is 546. The molecule has 0 spiro atoms. The number of nitrogens with two attached hydrogens (primary N) is 1. The summed E-state index contributed by atoms with van der Waals surface area (Å²) in [5.41, 5.74) is 3.73. The van der Waals surface area contributed by atoms with Crippen molar-refractivity contribution in [3.63, 3.8) is 0 Å². The number of hydrazine groups is 1. The van der Waals surface area contributed by atoms with Crippen LogP contribution >= 0.6 is 0 Å². The minimum atomic E-state index is -0.636. The first-order valence-corrected chi connectivity index (χ1v) is 5.50. The van der Waals surface area contributed by atoms with Crippen LogP contribution in [0.2, 0.25) is 0 Å². The lowest BCUT2D eigenvalue weighted by Gasteiger charge is -2.16. The molecular formula is C13H14F2N2O. The Balaban J connectivity index is 2.48. The van der Waals surface area contributed by atoms with Crippen molar-refractivity contribution in [1.82, 2.24) is 5.43 Å². The predicted molar refractivity (Wildman–Crippen MR) is 63.7 cm³/mol. The Hall–Kier alpha value is -1.72. The Kier molecular flexibility index (Phi) is 3.45. The van der Waals surface area contributed by atoms with Gasteiger partial charge in [-0.2, -0.15) is 0 Å². The summed E-state index contributed by atoms with van der Waals surface area (Å²) in [6.45, 7) is 3.58. The van der Waals surface area contributed by atoms with E-state index in [-0.39, 0.29) is 0 Å². The molecule has 5 heteroatoms. The summed E-state index contributed by atoms with van der Waals surface area (Å²) in [6.07, 6.45) is 0. The number of halogens is 2. The molecule has 0 saturated carbocycles. The van der Waals surface area contributed by atoms with E-state index < -0.39 is 17.7 Å². The van der Waals surface area contributed by atoms with Gasteiger partial charge in [0.15, 0.2) is 0 Å². The molecule has 3 nitrogen and oxygen atoms in total. The van der Waals surface area contributed by atoms with Crippen molar-refractivity contribution in [1.29, 1.82) is 0 Å². The minimum Gasteiger partial charge on any atom is -0.466 e. The Labute approximate surface area is 104 Å². The van der Waals surface area contributed by atoms with Gasteiger partial charge in [-0.1, -0.05) is 0 Å². The van der Waals surface area contributed by atoms with E-state index in [0.717, 1.165) is 17.4 Å². The maximum absolute atomic E-state index is 13.2. The largest absolute Gasteiger partial charge is 0.466 e. The van der Waals surface area contributed by atoms with Gasteiger partial charge in [-0.3, -0.25) is 5.84 Å². The summed E-state index contributed by atoms with van der Waals surface area (Å²) in [5.74, 6) is 5.60. The molecule has 0 aliphatic heterocycles. The lowest BCUT2D eigenvalue weighted by Crippen LogP contribution is -2.29. The highest BCUT2D eigenvalue weighted by Crippen LogP contribution is 2.27. The van der Waals surface area contributed by atoms with Gasteiger partial charge in [0.2, 0.25) is 0 Å². The van der Waals surface area contributed by atoms with E-state index in [0.29, 0.717) is 11.3 Å². The first-order chi connectivity index (χ1) is 8.51. The Morgan fingerprint density at radius 3 is 2.17 bits per heavy atom. The number of hydrogen-bond donors (Lipinski definition) is 2. The van der Waals surface area contributed by atoms with Crippen molar-refractivity contribution >= 4 is 0 Å². The number of benzene rings is 1. The van der Waals surface area contributed by atoms with Crippen LogP contribution in [-0.2, 0) is 0 Å². The topological polar surface area (TPSA) is 51.2 Å². The number of furan rings is 1. The fourth-order valence-electron chi connectivity index (χ4n) is 2.04. The molecule has 3 N–H and O–H groups in total. The van der Waals surface area contributed by atoms with Gasteiger partial charge in [-0.25, -0.2) is 14.2 Å². The highest BCUT2D eigenvalue weighted by atomic mass is 19.1. The standard InChI is InChI=1S/C13H14F2N2O/c1-7-3-12(8(2)18-7)13(17-16)9-4-10(14)6-11(15)5-9/h3-6,13,17H,16H2,1-2H3. The summed E-state index contributed by atoms with van der Waals surface area (Å²) in [6, 6.07) is 4.60. The zero-order valence-corrected chi connectivity index (χ0v) is 10.1. The van der Waals surface area contributed by atoms with E-state index in [2.05, 4.69) is 5.43 Å². The smallest absolute Gasteiger partial charge is 0.126 e. The van der Waals surface area contributed by atoms with Gasteiger partial charge in [-0.05, 0) is 37.6 Å². The third-order valence-corrected chi connectivity index (χ3v) is 2.78. The molecule has 1 aromatic heterocycles. The molecule has 1 atom stereocenters. The van der Waals surface area contributed by atoms with Crippen LogP contribution in [0.15, 0.2) is 28.7 Å². The third-order valence-electron chi connectivity index (χ3n) is 2.78. The zero-order valence-electron chi connectivity index (χ0n) is 10.1. The third kappa shape index (κ3) is 2.42. The summed E-state index contributed by atoms with van der Waals surface area (Å²) in [5, 5.41) is 0. The second-order valence-electron chi connectivity index (χ2n) is 4.17. The van der Waals surface area contributed by atoms with E-state index in [1.54, 1.807) is 19.9 Å². The van der Waals surface area contributed by atoms with Gasteiger partial charge in [-0.15, -0.1) is 0 Å². The van der Waals surface area contributed by atoms with E-state index >= 15 is 0 Å². The lowest BCUT2D eigenvalue weighted by molar-refractivity contribution is 0.494. The molecule has 1 heterocycles. The minimum absolute atomic E-state index is 0.416. The molecule has 0 aliphatic rings. The van der Waals surface area contributed by atoms with Gasteiger partial charge in [0, 0.05) is 11.6 Å². The summed E-state index contributed by atoms with van der Waals surface area (Å²) < 4.78 is 31.8. The van der Waals surface area contributed by atoms with Gasteiger partial charge in [0.05, 0.1) is 6.04 Å². The maximum Gasteiger partial charge on any atom is 0.126 e. The molecule has 0 aliphatic carbocycles. The molecule has 96 valence electrons. The molecule has 0 saturated heterocycles. The SMILES string of the molecule is Cc1cc(C(NN)c2cc(F)cc(F)c2)c(C)o1. The number of aryl methyl sites for hydroxylation is 2. The molecule has 0 fully saturated rings. The molecule has 1 aromatic carbocycles. The fraction of sp³-hybridized carbons (Fsp3) is 0.231. The van der Waals surface area contributed by atoms with Crippen LogP contribution < -0.4 is 11.3 Å². The van der Waals surface area contributed by atoms with Crippen LogP contribution in [0, 0.1) is 25.5 Å². The van der Waals surface area contributed by atoms with Crippen LogP contribution in [0.5, 0.6) is 0 Å². The van der Waals surface area contributed by atoms with Crippen molar-refractivity contribution in [3.8, 4) is 0 Å². The Morgan fingerprint density at radius 1 is 1.11 bits per heavy atom. The first kappa shape index (κ1) is 12.7. The summed E-state index contributed by atoms with van der Waals surface area (Å²) >= 11 is 0. The molecule has 2 aromatic rings. The van der Waals surface area contributed by atoms with E-state index in [4.69, 9.17) is 10.3 Å². The number of hydrogen-bond acceptors (Lipinski definition) is 3. The fourth-order valence-corrected chi connectivity index (χ4v) is 2.04. The molecule has 18 heavy (non-hydrogen) atoms. The molecule has 0 radical (unpaired) electrons. The monoisotopic (exact) mass is 252 g/mol. The zero-order chi connectivity index (χ0) is 13.3. The second-order valence-corrected chi connectivity index (χ2v) is 4.17. The van der Waals surface area contributed by atoms with Crippen molar-refractivity contribution in [2.45, 2.75) is 19.9 Å². The molecule has 1 unspecified atom stereocenters. The van der Waals surface area contributed by atoms with Crippen LogP contribution in [0.3, 0.4) is 0 Å². The average Bonchev–Trinajstić information content (AvgIpc) is 2.58. The molecule has 2 rings (SSSR count). The highest BCUT2D eigenvalue weighted by molar-refractivity contribution is 5.34. The number of rotatable bonds is 3. The van der Waals surface area contributed by atoms with Gasteiger partial charge in [0.1, 0.15) is 23.2 Å². The normalized spacial score (nSPS) is 12.7. The highest BCUT2D eigenvalue weighted by Gasteiger charge is 2.19. The van der Waals surface area contributed by atoms with Crippen LogP contribution in [0.1, 0.15) is 28.7 Å². The second kappa shape index (κ2) is 4.88. The average molecular weight is 252 g/mol. The van der Waals surface area contributed by atoms with E-state index in [1.807, 2.05) is 0 Å². The Morgan fingerprint density at radius 2 is 1.72 bits per heavy atom. The van der Waals surface area contributed by atoms with Crippen LogP contribution in [-0.4, -0.2) is 0 Å². The quantitative estimate of drug-likeness (QED) is 0.652. The van der Waals surface area contributed by atoms with Gasteiger partial charge < -0.3 is 4.42 Å². The maximum atomic E-state index is 13.2. The molecule has 0 bridgehead atoms. The van der Waals surface area contributed by atoms with Crippen LogP contribution in [0.25, 0.3) is 0 Å². The summed E-state index contributed by atoms with van der Waals surface area (Å²) in [7, 11) is 0.